The Balaban J connectivity index is 0.934. The van der Waals surface area contributed by atoms with Gasteiger partial charge in [-0.2, -0.15) is 0 Å². The molecule has 0 aliphatic rings. The van der Waals surface area contributed by atoms with Crippen molar-refractivity contribution in [3.8, 4) is 67.9 Å². The van der Waals surface area contributed by atoms with E-state index in [9.17, 15) is 0 Å². The number of furan rings is 1. The molecule has 7 aromatic carbocycles. The lowest BCUT2D eigenvalue weighted by Crippen LogP contribution is -2.00. The molecule has 50 heavy (non-hydrogen) atoms. The number of fused-ring (bicyclic) bond motifs is 3. The zero-order chi connectivity index (χ0) is 33.3. The summed E-state index contributed by atoms with van der Waals surface area (Å²) >= 11 is 0. The highest BCUT2D eigenvalue weighted by molar-refractivity contribution is 6.09. The smallest absolute Gasteiger partial charge is 0.164 e. The van der Waals surface area contributed by atoms with Gasteiger partial charge in [0.1, 0.15) is 22.7 Å². The predicted octanol–water partition coefficient (Wildman–Crippen LogP) is 11.9. The van der Waals surface area contributed by atoms with Crippen LogP contribution in [0.1, 0.15) is 0 Å². The molecule has 0 fully saturated rings. The minimum atomic E-state index is 0.633. The third kappa shape index (κ3) is 5.67. The van der Waals surface area contributed by atoms with Crippen molar-refractivity contribution in [1.82, 2.24) is 15.0 Å². The lowest BCUT2D eigenvalue weighted by Gasteiger charge is -2.10. The molecule has 5 heteroatoms. The molecule has 0 N–H and O–H groups in total. The standard InChI is InChI=1S/C45H29N3O2/c1-3-10-33(11-4-1)43-46-44(34-12-5-2-6-13-34)48-45(47-43)35-20-18-30(19-21-35)31-22-26-36(27-23-31)49-37-28-24-32(25-29-37)38-15-9-16-40-39-14-7-8-17-41(39)50-42(38)40/h1-29H. The Labute approximate surface area is 289 Å². The van der Waals surface area contributed by atoms with Gasteiger partial charge in [-0.1, -0.05) is 146 Å². The van der Waals surface area contributed by atoms with Crippen LogP contribution in [0.5, 0.6) is 11.5 Å². The molecule has 2 heterocycles. The monoisotopic (exact) mass is 643 g/mol. The van der Waals surface area contributed by atoms with Crippen molar-refractivity contribution in [1.29, 1.82) is 0 Å². The number of ether oxygens (including phenoxy) is 1. The summed E-state index contributed by atoms with van der Waals surface area (Å²) in [6, 6.07) is 59.1. The molecule has 2 aromatic heterocycles. The van der Waals surface area contributed by atoms with E-state index in [-0.39, 0.29) is 0 Å². The molecule has 0 radical (unpaired) electrons. The SMILES string of the molecule is c1ccc(-c2nc(-c3ccccc3)nc(-c3ccc(-c4ccc(Oc5ccc(-c6cccc7c6oc6ccccc67)cc5)cc4)cc3)n2)cc1. The number of benzene rings is 7. The first-order valence-electron chi connectivity index (χ1n) is 16.5. The van der Waals surface area contributed by atoms with Crippen LogP contribution in [0.15, 0.2) is 180 Å². The summed E-state index contributed by atoms with van der Waals surface area (Å²) in [4.78, 5) is 14.5. The first kappa shape index (κ1) is 29.3. The zero-order valence-electron chi connectivity index (χ0n) is 26.9. The lowest BCUT2D eigenvalue weighted by molar-refractivity contribution is 0.483. The van der Waals surface area contributed by atoms with E-state index in [4.69, 9.17) is 24.1 Å². The van der Waals surface area contributed by atoms with E-state index >= 15 is 0 Å². The van der Waals surface area contributed by atoms with Crippen LogP contribution in [0.4, 0.5) is 0 Å². The van der Waals surface area contributed by atoms with Crippen LogP contribution in [-0.2, 0) is 0 Å². The second kappa shape index (κ2) is 12.6. The van der Waals surface area contributed by atoms with Gasteiger partial charge >= 0.3 is 0 Å². The molecule has 0 saturated carbocycles. The zero-order valence-corrected chi connectivity index (χ0v) is 26.9. The number of rotatable bonds is 7. The minimum absolute atomic E-state index is 0.633. The molecule has 0 bridgehead atoms. The molecule has 5 nitrogen and oxygen atoms in total. The second-order valence-corrected chi connectivity index (χ2v) is 12.0. The van der Waals surface area contributed by atoms with Crippen LogP contribution in [0.2, 0.25) is 0 Å². The normalized spacial score (nSPS) is 11.2. The number of nitrogens with zero attached hydrogens (tertiary/aromatic N) is 3. The second-order valence-electron chi connectivity index (χ2n) is 12.0. The molecule has 0 aliphatic carbocycles. The molecule has 0 atom stereocenters. The van der Waals surface area contributed by atoms with Crippen molar-refractivity contribution in [3.05, 3.63) is 176 Å². The fraction of sp³-hybridized carbons (Fsp3) is 0. The van der Waals surface area contributed by atoms with Gasteiger partial charge in [-0.05, 0) is 47.0 Å². The van der Waals surface area contributed by atoms with Crippen molar-refractivity contribution in [3.63, 3.8) is 0 Å². The van der Waals surface area contributed by atoms with E-state index in [0.717, 1.165) is 72.4 Å². The maximum absolute atomic E-state index is 6.24. The molecule has 236 valence electrons. The molecule has 0 saturated heterocycles. The quantitative estimate of drug-likeness (QED) is 0.173. The van der Waals surface area contributed by atoms with E-state index < -0.39 is 0 Å². The van der Waals surface area contributed by atoms with E-state index in [1.54, 1.807) is 0 Å². The highest BCUT2D eigenvalue weighted by Gasteiger charge is 2.14. The van der Waals surface area contributed by atoms with Gasteiger partial charge in [0.15, 0.2) is 17.5 Å². The van der Waals surface area contributed by atoms with Gasteiger partial charge < -0.3 is 9.15 Å². The largest absolute Gasteiger partial charge is 0.457 e. The lowest BCUT2D eigenvalue weighted by atomic mass is 10.0. The third-order valence-corrected chi connectivity index (χ3v) is 8.84. The van der Waals surface area contributed by atoms with Crippen LogP contribution < -0.4 is 4.74 Å². The Kier molecular flexibility index (Phi) is 7.41. The van der Waals surface area contributed by atoms with Gasteiger partial charge in [0, 0.05) is 33.0 Å². The summed E-state index contributed by atoms with van der Waals surface area (Å²) in [6.07, 6.45) is 0. The van der Waals surface area contributed by atoms with Crippen molar-refractivity contribution in [2.45, 2.75) is 0 Å². The average Bonchev–Trinajstić information content (AvgIpc) is 3.58. The Hall–Kier alpha value is -6.85. The maximum atomic E-state index is 6.24. The van der Waals surface area contributed by atoms with E-state index in [2.05, 4.69) is 72.8 Å². The third-order valence-electron chi connectivity index (χ3n) is 8.84. The van der Waals surface area contributed by atoms with Gasteiger partial charge in [0.05, 0.1) is 0 Å². The van der Waals surface area contributed by atoms with Crippen molar-refractivity contribution >= 4 is 21.9 Å². The number of aromatic nitrogens is 3. The van der Waals surface area contributed by atoms with Crippen molar-refractivity contribution in [2.24, 2.45) is 0 Å². The Morgan fingerprint density at radius 2 is 0.780 bits per heavy atom. The molecule has 0 spiro atoms. The van der Waals surface area contributed by atoms with E-state index in [1.165, 1.54) is 0 Å². The molecule has 0 aliphatic heterocycles. The Morgan fingerprint density at radius 3 is 1.36 bits per heavy atom. The maximum Gasteiger partial charge on any atom is 0.164 e. The summed E-state index contributed by atoms with van der Waals surface area (Å²) in [5.41, 5.74) is 8.92. The van der Waals surface area contributed by atoms with Crippen molar-refractivity contribution < 1.29 is 9.15 Å². The average molecular weight is 644 g/mol. The number of hydrogen-bond donors (Lipinski definition) is 0. The van der Waals surface area contributed by atoms with Crippen molar-refractivity contribution in [2.75, 3.05) is 0 Å². The molecular weight excluding hydrogens is 615 g/mol. The van der Waals surface area contributed by atoms with Gasteiger partial charge in [-0.3, -0.25) is 0 Å². The predicted molar refractivity (Wildman–Crippen MR) is 201 cm³/mol. The molecular formula is C45H29N3O2. The number of para-hydroxylation sites is 2. The first-order chi connectivity index (χ1) is 24.7. The molecule has 0 unspecified atom stereocenters. The molecule has 9 aromatic rings. The van der Waals surface area contributed by atoms with E-state index in [0.29, 0.717) is 17.5 Å². The molecule has 0 amide bonds. The highest BCUT2D eigenvalue weighted by Crippen LogP contribution is 2.37. The van der Waals surface area contributed by atoms with Crippen LogP contribution in [0, 0.1) is 0 Å². The summed E-state index contributed by atoms with van der Waals surface area (Å²) in [6.45, 7) is 0. The van der Waals surface area contributed by atoms with Gasteiger partial charge in [-0.25, -0.2) is 15.0 Å². The van der Waals surface area contributed by atoms with Crippen LogP contribution in [0.3, 0.4) is 0 Å². The summed E-state index contributed by atoms with van der Waals surface area (Å²) in [7, 11) is 0. The fourth-order valence-corrected chi connectivity index (χ4v) is 6.28. The van der Waals surface area contributed by atoms with Gasteiger partial charge in [0.25, 0.3) is 0 Å². The minimum Gasteiger partial charge on any atom is -0.457 e. The van der Waals surface area contributed by atoms with Crippen LogP contribution >= 0.6 is 0 Å². The molecule has 9 rings (SSSR count). The highest BCUT2D eigenvalue weighted by atomic mass is 16.5. The summed E-state index contributed by atoms with van der Waals surface area (Å²) in [5, 5.41) is 2.24. The van der Waals surface area contributed by atoms with Crippen LogP contribution in [0.25, 0.3) is 78.4 Å². The topological polar surface area (TPSA) is 61.0 Å². The Morgan fingerprint density at radius 1 is 0.340 bits per heavy atom. The van der Waals surface area contributed by atoms with Crippen LogP contribution in [-0.4, -0.2) is 15.0 Å². The summed E-state index contributed by atoms with van der Waals surface area (Å²) < 4.78 is 12.5. The fourth-order valence-electron chi connectivity index (χ4n) is 6.28. The first-order valence-corrected chi connectivity index (χ1v) is 16.5. The van der Waals surface area contributed by atoms with Gasteiger partial charge in [0.2, 0.25) is 0 Å². The Bertz CT molecular complexity index is 2520. The summed E-state index contributed by atoms with van der Waals surface area (Å²) in [5.74, 6) is 3.46. The van der Waals surface area contributed by atoms with E-state index in [1.807, 2.05) is 103 Å². The number of hydrogen-bond acceptors (Lipinski definition) is 5. The van der Waals surface area contributed by atoms with Gasteiger partial charge in [-0.15, -0.1) is 0 Å².